The zero-order valence-corrected chi connectivity index (χ0v) is 13.9. The van der Waals surface area contributed by atoms with E-state index in [-0.39, 0.29) is 5.91 Å². The highest BCUT2D eigenvalue weighted by Crippen LogP contribution is 2.22. The molecule has 126 valence electrons. The third kappa shape index (κ3) is 4.82. The summed E-state index contributed by atoms with van der Waals surface area (Å²) in [6.07, 6.45) is 7.38. The average Bonchev–Trinajstić information content (AvgIpc) is 2.64. The lowest BCUT2D eigenvalue weighted by molar-refractivity contribution is -0.133. The van der Waals surface area contributed by atoms with E-state index in [1.165, 1.54) is 5.56 Å². The largest absolute Gasteiger partial charge is 0.493 e. The number of aromatic nitrogens is 1. The van der Waals surface area contributed by atoms with E-state index in [0.29, 0.717) is 18.9 Å². The van der Waals surface area contributed by atoms with Crippen LogP contribution in [0.5, 0.6) is 5.75 Å². The Morgan fingerprint density at radius 1 is 1.08 bits per heavy atom. The molecule has 0 aliphatic carbocycles. The Balaban J connectivity index is 1.37. The lowest BCUT2D eigenvalue weighted by Crippen LogP contribution is -2.39. The van der Waals surface area contributed by atoms with E-state index >= 15 is 0 Å². The molecular formula is C20H24N2O2. The van der Waals surface area contributed by atoms with Crippen molar-refractivity contribution in [2.24, 2.45) is 5.92 Å². The van der Waals surface area contributed by atoms with Gasteiger partial charge in [-0.05, 0) is 55.0 Å². The summed E-state index contributed by atoms with van der Waals surface area (Å²) < 4.78 is 5.61. The lowest BCUT2D eigenvalue weighted by atomic mass is 9.90. The molecule has 2 heterocycles. The summed E-state index contributed by atoms with van der Waals surface area (Å²) in [4.78, 5) is 18.3. The van der Waals surface area contributed by atoms with Crippen LogP contribution >= 0.6 is 0 Å². The smallest absolute Gasteiger partial charge is 0.225 e. The van der Waals surface area contributed by atoms with Crippen LogP contribution in [0.25, 0.3) is 0 Å². The summed E-state index contributed by atoms with van der Waals surface area (Å²) >= 11 is 0. The molecule has 3 rings (SSSR count). The SMILES string of the molecule is O=C(CCOc1ccccc1)N1CCC(Cc2ccncc2)CC1. The molecule has 0 radical (unpaired) electrons. The summed E-state index contributed by atoms with van der Waals surface area (Å²) in [5.74, 6) is 1.69. The van der Waals surface area contributed by atoms with Crippen LogP contribution in [0.15, 0.2) is 54.9 Å². The molecule has 4 heteroatoms. The molecule has 1 saturated heterocycles. The molecule has 1 aliphatic rings. The predicted octanol–water partition coefficient (Wildman–Crippen LogP) is 3.33. The first-order valence-electron chi connectivity index (χ1n) is 8.66. The fourth-order valence-corrected chi connectivity index (χ4v) is 3.17. The molecule has 0 bridgehead atoms. The molecule has 4 nitrogen and oxygen atoms in total. The predicted molar refractivity (Wildman–Crippen MR) is 93.8 cm³/mol. The average molecular weight is 324 g/mol. The second-order valence-corrected chi connectivity index (χ2v) is 6.30. The van der Waals surface area contributed by atoms with Crippen LogP contribution in [0, 0.1) is 5.92 Å². The van der Waals surface area contributed by atoms with Crippen LogP contribution < -0.4 is 4.74 Å². The minimum atomic E-state index is 0.202. The van der Waals surface area contributed by atoms with Gasteiger partial charge in [0.05, 0.1) is 13.0 Å². The number of hydrogen-bond acceptors (Lipinski definition) is 3. The van der Waals surface area contributed by atoms with Gasteiger partial charge in [-0.1, -0.05) is 18.2 Å². The minimum absolute atomic E-state index is 0.202. The van der Waals surface area contributed by atoms with E-state index in [2.05, 4.69) is 17.1 Å². The van der Waals surface area contributed by atoms with Gasteiger partial charge in [0.15, 0.2) is 0 Å². The number of ether oxygens (including phenoxy) is 1. The Kier molecular flexibility index (Phi) is 5.83. The van der Waals surface area contributed by atoms with Crippen LogP contribution in [0.2, 0.25) is 0 Å². The topological polar surface area (TPSA) is 42.4 Å². The van der Waals surface area contributed by atoms with Crippen LogP contribution in [-0.4, -0.2) is 35.5 Å². The van der Waals surface area contributed by atoms with Crippen molar-refractivity contribution in [1.29, 1.82) is 0 Å². The van der Waals surface area contributed by atoms with Crippen molar-refractivity contribution in [3.8, 4) is 5.75 Å². The first-order valence-corrected chi connectivity index (χ1v) is 8.66. The van der Waals surface area contributed by atoms with Crippen molar-refractivity contribution in [2.45, 2.75) is 25.7 Å². The summed E-state index contributed by atoms with van der Waals surface area (Å²) in [7, 11) is 0. The number of rotatable bonds is 6. The Hall–Kier alpha value is -2.36. The molecule has 1 aromatic heterocycles. The molecule has 1 amide bonds. The summed E-state index contributed by atoms with van der Waals surface area (Å²) in [5.41, 5.74) is 1.34. The van der Waals surface area contributed by atoms with Crippen molar-refractivity contribution < 1.29 is 9.53 Å². The van der Waals surface area contributed by atoms with Crippen molar-refractivity contribution >= 4 is 5.91 Å². The maximum Gasteiger partial charge on any atom is 0.225 e. The fraction of sp³-hybridized carbons (Fsp3) is 0.400. The Morgan fingerprint density at radius 2 is 1.79 bits per heavy atom. The quantitative estimate of drug-likeness (QED) is 0.818. The zero-order valence-electron chi connectivity index (χ0n) is 13.9. The number of piperidine rings is 1. The van der Waals surface area contributed by atoms with Gasteiger partial charge < -0.3 is 9.64 Å². The number of carbonyl (C=O) groups is 1. The number of benzene rings is 1. The van der Waals surface area contributed by atoms with Gasteiger partial charge in [-0.2, -0.15) is 0 Å². The van der Waals surface area contributed by atoms with E-state index < -0.39 is 0 Å². The fourth-order valence-electron chi connectivity index (χ4n) is 3.17. The molecule has 0 unspecified atom stereocenters. The summed E-state index contributed by atoms with van der Waals surface area (Å²) in [6, 6.07) is 13.8. The zero-order chi connectivity index (χ0) is 16.6. The van der Waals surface area contributed by atoms with E-state index in [0.717, 1.165) is 38.1 Å². The van der Waals surface area contributed by atoms with Crippen LogP contribution in [-0.2, 0) is 11.2 Å². The first kappa shape index (κ1) is 16.5. The van der Waals surface area contributed by atoms with Crippen molar-refractivity contribution in [3.05, 3.63) is 60.4 Å². The molecular weight excluding hydrogens is 300 g/mol. The maximum atomic E-state index is 12.3. The van der Waals surface area contributed by atoms with Gasteiger partial charge in [-0.25, -0.2) is 0 Å². The van der Waals surface area contributed by atoms with Crippen LogP contribution in [0.4, 0.5) is 0 Å². The number of nitrogens with zero attached hydrogens (tertiary/aromatic N) is 2. The van der Waals surface area contributed by atoms with Gasteiger partial charge >= 0.3 is 0 Å². The lowest BCUT2D eigenvalue weighted by Gasteiger charge is -2.32. The summed E-state index contributed by atoms with van der Waals surface area (Å²) in [6.45, 7) is 2.17. The second kappa shape index (κ2) is 8.48. The van der Waals surface area contributed by atoms with Gasteiger partial charge in [0.25, 0.3) is 0 Å². The first-order chi connectivity index (χ1) is 11.8. The van der Waals surface area contributed by atoms with Crippen molar-refractivity contribution in [1.82, 2.24) is 9.88 Å². The number of amides is 1. The minimum Gasteiger partial charge on any atom is -0.493 e. The number of hydrogen-bond donors (Lipinski definition) is 0. The molecule has 1 fully saturated rings. The van der Waals surface area contributed by atoms with Gasteiger partial charge in [-0.3, -0.25) is 9.78 Å². The molecule has 1 aromatic carbocycles. The Bertz CT molecular complexity index is 623. The Morgan fingerprint density at radius 3 is 2.50 bits per heavy atom. The molecule has 0 atom stereocenters. The molecule has 0 saturated carbocycles. The molecule has 2 aromatic rings. The standard InChI is InChI=1S/C20H24N2O2/c23-20(10-15-24-19-4-2-1-3-5-19)22-13-8-18(9-14-22)16-17-6-11-21-12-7-17/h1-7,11-12,18H,8-10,13-16H2. The Labute approximate surface area is 143 Å². The number of pyridine rings is 1. The monoisotopic (exact) mass is 324 g/mol. The van der Waals surface area contributed by atoms with Crippen LogP contribution in [0.3, 0.4) is 0 Å². The third-order valence-electron chi connectivity index (χ3n) is 4.57. The van der Waals surface area contributed by atoms with E-state index in [1.807, 2.05) is 47.6 Å². The number of para-hydroxylation sites is 1. The molecule has 24 heavy (non-hydrogen) atoms. The van der Waals surface area contributed by atoms with Crippen molar-refractivity contribution in [3.63, 3.8) is 0 Å². The van der Waals surface area contributed by atoms with Gasteiger partial charge in [0, 0.05) is 25.5 Å². The van der Waals surface area contributed by atoms with Crippen LogP contribution in [0.1, 0.15) is 24.8 Å². The maximum absolute atomic E-state index is 12.3. The van der Waals surface area contributed by atoms with E-state index in [4.69, 9.17) is 4.74 Å². The molecule has 0 N–H and O–H groups in total. The van der Waals surface area contributed by atoms with Crippen molar-refractivity contribution in [2.75, 3.05) is 19.7 Å². The normalized spacial score (nSPS) is 15.2. The highest BCUT2D eigenvalue weighted by Gasteiger charge is 2.22. The summed E-state index contributed by atoms with van der Waals surface area (Å²) in [5, 5.41) is 0. The highest BCUT2D eigenvalue weighted by molar-refractivity contribution is 5.76. The van der Waals surface area contributed by atoms with Gasteiger partial charge in [0.1, 0.15) is 5.75 Å². The number of carbonyl (C=O) groups excluding carboxylic acids is 1. The third-order valence-corrected chi connectivity index (χ3v) is 4.57. The highest BCUT2D eigenvalue weighted by atomic mass is 16.5. The molecule has 0 spiro atoms. The van der Waals surface area contributed by atoms with E-state index in [9.17, 15) is 4.79 Å². The van der Waals surface area contributed by atoms with Gasteiger partial charge in [0.2, 0.25) is 5.91 Å². The second-order valence-electron chi connectivity index (χ2n) is 6.30. The van der Waals surface area contributed by atoms with E-state index in [1.54, 1.807) is 0 Å². The van der Waals surface area contributed by atoms with Gasteiger partial charge in [-0.15, -0.1) is 0 Å². The molecule has 1 aliphatic heterocycles. The number of likely N-dealkylation sites (tertiary alicyclic amines) is 1.